The number of benzene rings is 2. The van der Waals surface area contributed by atoms with Crippen LogP contribution in [0.1, 0.15) is 0 Å². The Morgan fingerprint density at radius 2 is 1.90 bits per heavy atom. The highest BCUT2D eigenvalue weighted by atomic mass is 35.5. The van der Waals surface area contributed by atoms with Crippen LogP contribution in [-0.2, 0) is 0 Å². The van der Waals surface area contributed by atoms with Crippen LogP contribution in [0, 0.1) is 0 Å². The van der Waals surface area contributed by atoms with Crippen LogP contribution in [0.2, 0.25) is 5.02 Å². The van der Waals surface area contributed by atoms with Crippen molar-refractivity contribution in [3.8, 4) is 11.5 Å². The van der Waals surface area contributed by atoms with Crippen LogP contribution in [-0.4, -0.2) is 11.9 Å². The van der Waals surface area contributed by atoms with E-state index in [1.54, 1.807) is 36.4 Å². The summed E-state index contributed by atoms with van der Waals surface area (Å²) < 4.78 is 42.1. The normalized spacial score (nSPS) is 11.4. The molecule has 0 fully saturated rings. The fraction of sp³-hybridized carbons (Fsp3) is 0.143. The maximum atomic E-state index is 12.2. The molecule has 0 amide bonds. The van der Waals surface area contributed by atoms with Gasteiger partial charge >= 0.3 is 6.18 Å². The number of hydrogen-bond acceptors (Lipinski definition) is 3. The summed E-state index contributed by atoms with van der Waals surface area (Å²) in [4.78, 5) is 0.469. The third-order valence-electron chi connectivity index (χ3n) is 2.39. The lowest BCUT2D eigenvalue weighted by Gasteiger charge is -2.10. The van der Waals surface area contributed by atoms with Crippen molar-refractivity contribution in [1.82, 2.24) is 0 Å². The van der Waals surface area contributed by atoms with Gasteiger partial charge in [0.25, 0.3) is 0 Å². The molecule has 0 saturated carbocycles. The Morgan fingerprint density at radius 3 is 2.57 bits per heavy atom. The zero-order valence-electron chi connectivity index (χ0n) is 10.7. The second kappa shape index (κ2) is 6.49. The molecule has 2 N–H and O–H groups in total. The van der Waals surface area contributed by atoms with Crippen molar-refractivity contribution >= 4 is 29.1 Å². The summed E-state index contributed by atoms with van der Waals surface area (Å²) in [6.45, 7) is 0. The van der Waals surface area contributed by atoms with Crippen molar-refractivity contribution in [2.45, 2.75) is 11.1 Å². The predicted octanol–water partition coefficient (Wildman–Crippen LogP) is 5.37. The molecule has 2 aromatic carbocycles. The number of halogens is 4. The monoisotopic (exact) mass is 333 g/mol. The summed E-state index contributed by atoms with van der Waals surface area (Å²) >= 11 is 6.68. The first-order valence-electron chi connectivity index (χ1n) is 5.86. The van der Waals surface area contributed by atoms with Gasteiger partial charge in [-0.15, -0.1) is 11.8 Å². The SMILES string of the molecule is Nc1ccc(Oc2cccc(SCC(F)(F)F)c2)c(Cl)c1. The summed E-state index contributed by atoms with van der Waals surface area (Å²) in [7, 11) is 0. The van der Waals surface area contributed by atoms with Crippen LogP contribution in [0.3, 0.4) is 0 Å². The number of anilines is 1. The van der Waals surface area contributed by atoms with E-state index in [0.29, 0.717) is 38.9 Å². The topological polar surface area (TPSA) is 35.2 Å². The highest BCUT2D eigenvalue weighted by molar-refractivity contribution is 7.99. The quantitative estimate of drug-likeness (QED) is 0.603. The molecule has 0 aliphatic carbocycles. The molecular formula is C14H11ClF3NOS. The zero-order valence-corrected chi connectivity index (χ0v) is 12.2. The average Bonchev–Trinajstić information content (AvgIpc) is 2.39. The van der Waals surface area contributed by atoms with Gasteiger partial charge < -0.3 is 10.5 Å². The van der Waals surface area contributed by atoms with E-state index in [4.69, 9.17) is 22.1 Å². The number of nitrogen functional groups attached to an aromatic ring is 1. The summed E-state index contributed by atoms with van der Waals surface area (Å²) in [6.07, 6.45) is -4.21. The molecule has 0 unspecified atom stereocenters. The second-order valence-corrected chi connectivity index (χ2v) is 5.63. The van der Waals surface area contributed by atoms with Gasteiger partial charge in [0.1, 0.15) is 11.5 Å². The van der Waals surface area contributed by atoms with Gasteiger partial charge in [-0.25, -0.2) is 0 Å². The number of ether oxygens (including phenoxy) is 1. The summed E-state index contributed by atoms with van der Waals surface area (Å²) in [5, 5.41) is 0.336. The smallest absolute Gasteiger partial charge is 0.398 e. The molecule has 7 heteroatoms. The lowest BCUT2D eigenvalue weighted by atomic mass is 10.3. The summed E-state index contributed by atoms with van der Waals surface area (Å²) in [6, 6.07) is 11.2. The molecule has 112 valence electrons. The predicted molar refractivity (Wildman–Crippen MR) is 79.2 cm³/mol. The van der Waals surface area contributed by atoms with Crippen molar-refractivity contribution < 1.29 is 17.9 Å². The lowest BCUT2D eigenvalue weighted by molar-refractivity contribution is -0.105. The summed E-state index contributed by atoms with van der Waals surface area (Å²) in [5.41, 5.74) is 6.08. The van der Waals surface area contributed by atoms with Gasteiger partial charge in [-0.3, -0.25) is 0 Å². The van der Waals surface area contributed by atoms with Gasteiger partial charge in [-0.1, -0.05) is 17.7 Å². The Bertz CT molecular complexity index is 634. The molecule has 0 radical (unpaired) electrons. The van der Waals surface area contributed by atoms with Crippen molar-refractivity contribution in [3.63, 3.8) is 0 Å². The van der Waals surface area contributed by atoms with Crippen LogP contribution in [0.5, 0.6) is 11.5 Å². The highest BCUT2D eigenvalue weighted by Crippen LogP contribution is 2.33. The van der Waals surface area contributed by atoms with Gasteiger partial charge in [-0.2, -0.15) is 13.2 Å². The van der Waals surface area contributed by atoms with Gasteiger partial charge in [-0.05, 0) is 36.4 Å². The highest BCUT2D eigenvalue weighted by Gasteiger charge is 2.27. The number of thioether (sulfide) groups is 1. The number of rotatable bonds is 4. The first kappa shape index (κ1) is 15.9. The molecule has 0 saturated heterocycles. The van der Waals surface area contributed by atoms with E-state index in [-0.39, 0.29) is 0 Å². The molecule has 0 spiro atoms. The van der Waals surface area contributed by atoms with Crippen molar-refractivity contribution in [2.24, 2.45) is 0 Å². The molecule has 0 heterocycles. The molecule has 0 aromatic heterocycles. The molecule has 2 nitrogen and oxygen atoms in total. The standard InChI is InChI=1S/C14H11ClF3NOS/c15-12-6-9(19)4-5-13(12)20-10-2-1-3-11(7-10)21-8-14(16,17)18/h1-7H,8,19H2. The van der Waals surface area contributed by atoms with Gasteiger partial charge in [0.15, 0.2) is 0 Å². The van der Waals surface area contributed by atoms with E-state index in [2.05, 4.69) is 0 Å². The van der Waals surface area contributed by atoms with Crippen molar-refractivity contribution in [3.05, 3.63) is 47.5 Å². The van der Waals surface area contributed by atoms with E-state index in [0.717, 1.165) is 0 Å². The molecule has 21 heavy (non-hydrogen) atoms. The third kappa shape index (κ3) is 5.06. The van der Waals surface area contributed by atoms with Gasteiger partial charge in [0.2, 0.25) is 0 Å². The maximum Gasteiger partial charge on any atom is 0.398 e. The van der Waals surface area contributed by atoms with Crippen LogP contribution in [0.25, 0.3) is 0 Å². The number of nitrogens with two attached hydrogens (primary N) is 1. The Kier molecular flexibility index (Phi) is 4.90. The number of hydrogen-bond donors (Lipinski definition) is 1. The summed E-state index contributed by atoms with van der Waals surface area (Å²) in [5.74, 6) is -0.142. The minimum atomic E-state index is -4.21. The van der Waals surface area contributed by atoms with E-state index in [9.17, 15) is 13.2 Å². The average molecular weight is 334 g/mol. The Morgan fingerprint density at radius 1 is 1.14 bits per heavy atom. The van der Waals surface area contributed by atoms with E-state index in [1.165, 1.54) is 6.07 Å². The van der Waals surface area contributed by atoms with Gasteiger partial charge in [0.05, 0.1) is 10.8 Å². The van der Waals surface area contributed by atoms with Crippen LogP contribution >= 0.6 is 23.4 Å². The Labute approximate surface area is 129 Å². The largest absolute Gasteiger partial charge is 0.456 e. The van der Waals surface area contributed by atoms with Crippen LogP contribution in [0.4, 0.5) is 18.9 Å². The van der Waals surface area contributed by atoms with E-state index < -0.39 is 11.9 Å². The van der Waals surface area contributed by atoms with Crippen molar-refractivity contribution in [1.29, 1.82) is 0 Å². The zero-order chi connectivity index (χ0) is 15.5. The first-order chi connectivity index (χ1) is 9.83. The minimum Gasteiger partial charge on any atom is -0.456 e. The molecule has 2 rings (SSSR count). The number of alkyl halides is 3. The first-order valence-corrected chi connectivity index (χ1v) is 7.22. The van der Waals surface area contributed by atoms with Crippen LogP contribution in [0.15, 0.2) is 47.4 Å². The molecule has 0 bridgehead atoms. The fourth-order valence-electron chi connectivity index (χ4n) is 1.52. The molecule has 0 aliphatic rings. The molecule has 0 atom stereocenters. The lowest BCUT2D eigenvalue weighted by Crippen LogP contribution is -2.10. The second-order valence-electron chi connectivity index (χ2n) is 4.17. The Balaban J connectivity index is 2.10. The van der Waals surface area contributed by atoms with E-state index >= 15 is 0 Å². The third-order valence-corrected chi connectivity index (χ3v) is 3.75. The van der Waals surface area contributed by atoms with E-state index in [1.807, 2.05) is 0 Å². The maximum absolute atomic E-state index is 12.2. The minimum absolute atomic E-state index is 0.336. The Hall–Kier alpha value is -1.53. The molecule has 2 aromatic rings. The fourth-order valence-corrected chi connectivity index (χ4v) is 2.45. The molecule has 0 aliphatic heterocycles. The van der Waals surface area contributed by atoms with Crippen LogP contribution < -0.4 is 10.5 Å². The van der Waals surface area contributed by atoms with Crippen molar-refractivity contribution in [2.75, 3.05) is 11.5 Å². The molecular weight excluding hydrogens is 323 g/mol. The van der Waals surface area contributed by atoms with Gasteiger partial charge in [0, 0.05) is 10.6 Å².